The first-order chi connectivity index (χ1) is 14.8. The van der Waals surface area contributed by atoms with E-state index in [9.17, 15) is 4.79 Å². The molecule has 1 amide bonds. The minimum atomic E-state index is 0.0525. The molecule has 0 atom stereocenters. The van der Waals surface area contributed by atoms with Crippen molar-refractivity contribution in [2.45, 2.75) is 52.6 Å². The number of aryl methyl sites for hydroxylation is 1. The van der Waals surface area contributed by atoms with Gasteiger partial charge in [-0.2, -0.15) is 5.10 Å². The number of amides is 1. The van der Waals surface area contributed by atoms with E-state index in [-0.39, 0.29) is 5.91 Å². The van der Waals surface area contributed by atoms with Gasteiger partial charge in [-0.25, -0.2) is 0 Å². The molecule has 0 spiro atoms. The molecule has 0 unspecified atom stereocenters. The zero-order valence-electron chi connectivity index (χ0n) is 18.5. The Morgan fingerprint density at radius 3 is 2.71 bits per heavy atom. The fourth-order valence-electron chi connectivity index (χ4n) is 5.16. The number of fused-ring (bicyclic) bond motifs is 1. The third-order valence-electron chi connectivity index (χ3n) is 6.82. The summed E-state index contributed by atoms with van der Waals surface area (Å²) in [6.07, 6.45) is 9.07. The molecule has 1 fully saturated rings. The normalized spacial score (nSPS) is 17.4. The van der Waals surface area contributed by atoms with Crippen LogP contribution in [0.15, 0.2) is 36.7 Å². The molecule has 2 aliphatic rings. The highest BCUT2D eigenvalue weighted by atomic mass is 16.2. The van der Waals surface area contributed by atoms with Gasteiger partial charge >= 0.3 is 0 Å². The fraction of sp³-hybridized carbons (Fsp3) is 0.400. The van der Waals surface area contributed by atoms with E-state index in [4.69, 9.17) is 10.7 Å². The van der Waals surface area contributed by atoms with E-state index in [0.29, 0.717) is 17.6 Å². The Balaban J connectivity index is 1.57. The molecule has 5 rings (SSSR count). The number of pyridine rings is 1. The van der Waals surface area contributed by atoms with Gasteiger partial charge in [-0.1, -0.05) is 31.9 Å². The number of nitrogen functional groups attached to an aromatic ring is 1. The molecular formula is C25H29N5O. The number of carbonyl (C=O) groups is 1. The lowest BCUT2D eigenvalue weighted by Gasteiger charge is -2.23. The van der Waals surface area contributed by atoms with Gasteiger partial charge in [0.1, 0.15) is 0 Å². The van der Waals surface area contributed by atoms with Gasteiger partial charge in [0.15, 0.2) is 0 Å². The van der Waals surface area contributed by atoms with Crippen molar-refractivity contribution in [2.24, 2.45) is 5.41 Å². The lowest BCUT2D eigenvalue weighted by Crippen LogP contribution is -2.19. The van der Waals surface area contributed by atoms with E-state index in [0.717, 1.165) is 45.7 Å². The van der Waals surface area contributed by atoms with Crippen LogP contribution in [0.5, 0.6) is 0 Å². The van der Waals surface area contributed by atoms with Crippen molar-refractivity contribution in [1.82, 2.24) is 19.7 Å². The third-order valence-corrected chi connectivity index (χ3v) is 6.82. The molecule has 2 N–H and O–H groups in total. The summed E-state index contributed by atoms with van der Waals surface area (Å²) >= 11 is 0. The van der Waals surface area contributed by atoms with Gasteiger partial charge in [0, 0.05) is 60.0 Å². The van der Waals surface area contributed by atoms with Gasteiger partial charge in [0.05, 0.1) is 11.9 Å². The Hall–Kier alpha value is -3.15. The molecule has 6 nitrogen and oxygen atoms in total. The minimum Gasteiger partial charge on any atom is -0.398 e. The number of hydrogen-bond donors (Lipinski definition) is 1. The zero-order valence-corrected chi connectivity index (χ0v) is 18.5. The average Bonchev–Trinajstić information content (AvgIpc) is 3.42. The summed E-state index contributed by atoms with van der Waals surface area (Å²) in [6.45, 7) is 5.87. The summed E-state index contributed by atoms with van der Waals surface area (Å²) in [6, 6.07) is 7.93. The Kier molecular flexibility index (Phi) is 4.61. The molecule has 0 saturated heterocycles. The van der Waals surface area contributed by atoms with Crippen LogP contribution in [0.4, 0.5) is 5.69 Å². The Morgan fingerprint density at radius 1 is 1.16 bits per heavy atom. The monoisotopic (exact) mass is 415 g/mol. The lowest BCUT2D eigenvalue weighted by atomic mass is 9.89. The first-order valence-corrected chi connectivity index (χ1v) is 11.0. The van der Waals surface area contributed by atoms with Crippen LogP contribution in [0, 0.1) is 12.3 Å². The van der Waals surface area contributed by atoms with E-state index < -0.39 is 0 Å². The summed E-state index contributed by atoms with van der Waals surface area (Å²) < 4.78 is 2.05. The van der Waals surface area contributed by atoms with E-state index in [1.807, 2.05) is 49.1 Å². The lowest BCUT2D eigenvalue weighted by molar-refractivity contribution is 0.0816. The largest absolute Gasteiger partial charge is 0.398 e. The van der Waals surface area contributed by atoms with Crippen LogP contribution < -0.4 is 5.73 Å². The zero-order chi connectivity index (χ0) is 21.8. The van der Waals surface area contributed by atoms with Crippen LogP contribution in [0.2, 0.25) is 0 Å². The molecule has 1 aliphatic heterocycles. The smallest absolute Gasteiger partial charge is 0.254 e. The molecule has 1 aromatic carbocycles. The summed E-state index contributed by atoms with van der Waals surface area (Å²) in [5.41, 5.74) is 13.7. The molecule has 6 heteroatoms. The second-order valence-electron chi connectivity index (χ2n) is 9.55. The quantitative estimate of drug-likeness (QED) is 0.672. The molecule has 2 aromatic heterocycles. The summed E-state index contributed by atoms with van der Waals surface area (Å²) in [7, 11) is 1.83. The van der Waals surface area contributed by atoms with Crippen LogP contribution in [0.25, 0.3) is 22.4 Å². The van der Waals surface area contributed by atoms with Crippen molar-refractivity contribution in [2.75, 3.05) is 12.8 Å². The summed E-state index contributed by atoms with van der Waals surface area (Å²) in [5.74, 6) is 0.0525. The molecule has 1 saturated carbocycles. The first-order valence-electron chi connectivity index (χ1n) is 11.0. The van der Waals surface area contributed by atoms with Crippen LogP contribution >= 0.6 is 0 Å². The second kappa shape index (κ2) is 7.22. The Bertz CT molecular complexity index is 1170. The number of nitrogens with two attached hydrogens (primary N) is 1. The molecule has 1 aliphatic carbocycles. The van der Waals surface area contributed by atoms with Crippen LogP contribution in [-0.4, -0.2) is 32.6 Å². The van der Waals surface area contributed by atoms with Crippen LogP contribution in [0.3, 0.4) is 0 Å². The predicted octanol–water partition coefficient (Wildman–Crippen LogP) is 4.67. The van der Waals surface area contributed by atoms with Gasteiger partial charge < -0.3 is 10.6 Å². The van der Waals surface area contributed by atoms with E-state index in [2.05, 4.69) is 18.2 Å². The second-order valence-corrected chi connectivity index (χ2v) is 9.55. The fourth-order valence-corrected chi connectivity index (χ4v) is 5.16. The maximum absolute atomic E-state index is 12.5. The number of carbonyl (C=O) groups excluding carboxylic acids is 1. The van der Waals surface area contributed by atoms with Gasteiger partial charge in [0.25, 0.3) is 5.91 Å². The van der Waals surface area contributed by atoms with Gasteiger partial charge in [-0.15, -0.1) is 0 Å². The number of hydrogen-bond acceptors (Lipinski definition) is 4. The van der Waals surface area contributed by atoms with E-state index >= 15 is 0 Å². The number of benzene rings is 1. The number of aromatic nitrogens is 3. The van der Waals surface area contributed by atoms with E-state index in [1.165, 1.54) is 25.7 Å². The topological polar surface area (TPSA) is 77.0 Å². The van der Waals surface area contributed by atoms with Gasteiger partial charge in [-0.3, -0.25) is 14.5 Å². The van der Waals surface area contributed by atoms with Crippen molar-refractivity contribution < 1.29 is 4.79 Å². The molecular weight excluding hydrogens is 386 g/mol. The number of rotatable bonds is 4. The molecule has 0 radical (unpaired) electrons. The summed E-state index contributed by atoms with van der Waals surface area (Å²) in [5, 5.41) is 4.65. The molecule has 160 valence electrons. The van der Waals surface area contributed by atoms with Crippen molar-refractivity contribution in [3.8, 4) is 22.4 Å². The predicted molar refractivity (Wildman–Crippen MR) is 122 cm³/mol. The Labute approximate surface area is 183 Å². The maximum Gasteiger partial charge on any atom is 0.254 e. The SMILES string of the molecule is Cc1cc(N)c(-c2cnn(CC3(C)CCCC3)c2)c(-c2ccc3c(c2)C(=O)N(C)C3)n1. The Morgan fingerprint density at radius 2 is 1.94 bits per heavy atom. The maximum atomic E-state index is 12.5. The van der Waals surface area contributed by atoms with Crippen molar-refractivity contribution in [1.29, 1.82) is 0 Å². The van der Waals surface area contributed by atoms with Crippen molar-refractivity contribution >= 4 is 11.6 Å². The van der Waals surface area contributed by atoms with Gasteiger partial charge in [0.2, 0.25) is 0 Å². The highest BCUT2D eigenvalue weighted by Gasteiger charge is 2.30. The van der Waals surface area contributed by atoms with Crippen molar-refractivity contribution in [3.63, 3.8) is 0 Å². The highest BCUT2D eigenvalue weighted by Crippen LogP contribution is 2.40. The van der Waals surface area contributed by atoms with Crippen molar-refractivity contribution in [3.05, 3.63) is 53.5 Å². The van der Waals surface area contributed by atoms with Crippen LogP contribution in [-0.2, 0) is 13.1 Å². The molecule has 3 aromatic rings. The van der Waals surface area contributed by atoms with E-state index in [1.54, 1.807) is 4.90 Å². The highest BCUT2D eigenvalue weighted by molar-refractivity contribution is 6.00. The first kappa shape index (κ1) is 19.8. The minimum absolute atomic E-state index is 0.0525. The molecule has 31 heavy (non-hydrogen) atoms. The standard InChI is InChI=1S/C25H29N5O/c1-16-10-21(26)22(19-12-27-30(14-19)15-25(2)8-4-5-9-25)23(28-16)17-6-7-18-13-29(3)24(31)20(18)11-17/h6-7,10-12,14H,4-5,8-9,13,15H2,1-3H3,(H2,26,28). The number of anilines is 1. The third kappa shape index (κ3) is 3.50. The molecule has 0 bridgehead atoms. The van der Waals surface area contributed by atoms with Gasteiger partial charge in [-0.05, 0) is 42.9 Å². The van der Waals surface area contributed by atoms with Crippen LogP contribution in [0.1, 0.15) is 54.2 Å². The molecule has 3 heterocycles. The number of nitrogens with zero attached hydrogens (tertiary/aromatic N) is 4. The summed E-state index contributed by atoms with van der Waals surface area (Å²) in [4.78, 5) is 19.1. The average molecular weight is 416 g/mol.